The van der Waals surface area contributed by atoms with Crippen molar-refractivity contribution in [3.05, 3.63) is 35.6 Å². The molecule has 0 bridgehead atoms. The fourth-order valence-electron chi connectivity index (χ4n) is 2.58. The van der Waals surface area contributed by atoms with E-state index in [1.165, 1.54) is 0 Å². The van der Waals surface area contributed by atoms with Crippen molar-refractivity contribution in [2.24, 2.45) is 0 Å². The van der Waals surface area contributed by atoms with Crippen LogP contribution in [-0.2, 0) is 0 Å². The summed E-state index contributed by atoms with van der Waals surface area (Å²) in [6.07, 6.45) is 3.18. The normalized spacial score (nSPS) is 20.2. The van der Waals surface area contributed by atoms with Gasteiger partial charge in [-0.25, -0.2) is 0 Å². The van der Waals surface area contributed by atoms with Crippen LogP contribution in [0.4, 0.5) is 0 Å². The van der Waals surface area contributed by atoms with Gasteiger partial charge in [0.2, 0.25) is 5.78 Å². The van der Waals surface area contributed by atoms with Gasteiger partial charge < -0.3 is 9.73 Å². The monoisotopic (exact) mass is 243 g/mol. The lowest BCUT2D eigenvalue weighted by molar-refractivity contribution is 0.0901. The predicted octanol–water partition coefficient (Wildman–Crippen LogP) is 3.07. The van der Waals surface area contributed by atoms with Gasteiger partial charge in [-0.2, -0.15) is 0 Å². The summed E-state index contributed by atoms with van der Waals surface area (Å²) in [7, 11) is 0. The molecule has 94 valence electrons. The maximum absolute atomic E-state index is 12.3. The van der Waals surface area contributed by atoms with Crippen molar-refractivity contribution in [3.8, 4) is 0 Å². The molecular formula is C15H17NO2. The number of Topliss-reactive ketones (excluding diaryl/α,β-unsaturated/α-hetero) is 1. The number of hydrogen-bond donors (Lipinski definition) is 1. The Bertz CT molecular complexity index is 579. The average molecular weight is 243 g/mol. The van der Waals surface area contributed by atoms with E-state index in [9.17, 15) is 4.79 Å². The molecule has 1 aromatic carbocycles. The van der Waals surface area contributed by atoms with E-state index in [-0.39, 0.29) is 11.8 Å². The number of furan rings is 1. The Kier molecular flexibility index (Phi) is 2.92. The SMILES string of the molecule is Cc1cccc2cc(C(=O)C3CCCCN3)oc12. The lowest BCUT2D eigenvalue weighted by Crippen LogP contribution is -2.40. The summed E-state index contributed by atoms with van der Waals surface area (Å²) < 4.78 is 5.72. The molecule has 1 fully saturated rings. The van der Waals surface area contributed by atoms with Crippen LogP contribution in [0, 0.1) is 6.92 Å². The summed E-state index contributed by atoms with van der Waals surface area (Å²) in [5.41, 5.74) is 1.90. The Morgan fingerprint density at radius 3 is 3.00 bits per heavy atom. The number of carbonyl (C=O) groups excluding carboxylic acids is 1. The molecule has 0 radical (unpaired) electrons. The van der Waals surface area contributed by atoms with Gasteiger partial charge in [0.05, 0.1) is 6.04 Å². The second kappa shape index (κ2) is 4.58. The van der Waals surface area contributed by atoms with E-state index in [1.54, 1.807) is 0 Å². The van der Waals surface area contributed by atoms with Gasteiger partial charge in [-0.05, 0) is 37.9 Å². The Hall–Kier alpha value is -1.61. The first-order valence-corrected chi connectivity index (χ1v) is 6.52. The topological polar surface area (TPSA) is 42.2 Å². The summed E-state index contributed by atoms with van der Waals surface area (Å²) in [5, 5.41) is 4.28. The third kappa shape index (κ3) is 1.95. The van der Waals surface area contributed by atoms with E-state index < -0.39 is 0 Å². The molecule has 1 N–H and O–H groups in total. The second-order valence-electron chi connectivity index (χ2n) is 4.97. The molecular weight excluding hydrogens is 226 g/mol. The highest BCUT2D eigenvalue weighted by Crippen LogP contribution is 2.24. The van der Waals surface area contributed by atoms with Crippen molar-refractivity contribution < 1.29 is 9.21 Å². The molecule has 1 aliphatic heterocycles. The largest absolute Gasteiger partial charge is 0.453 e. The number of fused-ring (bicyclic) bond motifs is 1. The summed E-state index contributed by atoms with van der Waals surface area (Å²) >= 11 is 0. The summed E-state index contributed by atoms with van der Waals surface area (Å²) in [4.78, 5) is 12.3. The Morgan fingerprint density at radius 1 is 1.39 bits per heavy atom. The van der Waals surface area contributed by atoms with Crippen LogP contribution in [-0.4, -0.2) is 18.4 Å². The molecule has 3 heteroatoms. The van der Waals surface area contributed by atoms with Crippen LogP contribution >= 0.6 is 0 Å². The van der Waals surface area contributed by atoms with Crippen LogP contribution in [0.2, 0.25) is 0 Å². The molecule has 1 aliphatic rings. The molecule has 1 aromatic heterocycles. The molecule has 0 aliphatic carbocycles. The zero-order chi connectivity index (χ0) is 12.5. The minimum Gasteiger partial charge on any atom is -0.453 e. The molecule has 0 spiro atoms. The molecule has 18 heavy (non-hydrogen) atoms. The van der Waals surface area contributed by atoms with E-state index in [0.29, 0.717) is 5.76 Å². The van der Waals surface area contributed by atoms with Crippen molar-refractivity contribution in [1.29, 1.82) is 0 Å². The van der Waals surface area contributed by atoms with Crippen LogP contribution in [0.5, 0.6) is 0 Å². The van der Waals surface area contributed by atoms with Crippen LogP contribution in [0.1, 0.15) is 35.4 Å². The lowest BCUT2D eigenvalue weighted by Gasteiger charge is -2.20. The van der Waals surface area contributed by atoms with E-state index in [0.717, 1.165) is 42.3 Å². The summed E-state index contributed by atoms with van der Waals surface area (Å²) in [5.74, 6) is 0.573. The number of para-hydroxylation sites is 1. The van der Waals surface area contributed by atoms with Crippen molar-refractivity contribution in [3.63, 3.8) is 0 Å². The molecule has 2 heterocycles. The van der Waals surface area contributed by atoms with E-state index >= 15 is 0 Å². The maximum atomic E-state index is 12.3. The highest BCUT2D eigenvalue weighted by Gasteiger charge is 2.24. The fourth-order valence-corrected chi connectivity index (χ4v) is 2.58. The first kappa shape index (κ1) is 11.5. The molecule has 3 rings (SSSR count). The van der Waals surface area contributed by atoms with E-state index in [4.69, 9.17) is 4.42 Å². The smallest absolute Gasteiger partial charge is 0.214 e. The highest BCUT2D eigenvalue weighted by atomic mass is 16.3. The van der Waals surface area contributed by atoms with Gasteiger partial charge in [0.25, 0.3) is 0 Å². The number of piperidine rings is 1. The molecule has 1 atom stereocenters. The van der Waals surface area contributed by atoms with Gasteiger partial charge in [-0.15, -0.1) is 0 Å². The third-order valence-electron chi connectivity index (χ3n) is 3.61. The van der Waals surface area contributed by atoms with Gasteiger partial charge in [0.1, 0.15) is 5.58 Å². The zero-order valence-corrected chi connectivity index (χ0v) is 10.5. The van der Waals surface area contributed by atoms with E-state index in [1.807, 2.05) is 31.2 Å². The molecule has 3 nitrogen and oxygen atoms in total. The third-order valence-corrected chi connectivity index (χ3v) is 3.61. The van der Waals surface area contributed by atoms with Crippen molar-refractivity contribution >= 4 is 16.8 Å². The highest BCUT2D eigenvalue weighted by molar-refractivity contribution is 6.01. The number of rotatable bonds is 2. The van der Waals surface area contributed by atoms with Crippen LogP contribution < -0.4 is 5.32 Å². The number of nitrogens with one attached hydrogen (secondary N) is 1. The lowest BCUT2D eigenvalue weighted by atomic mass is 10.00. The second-order valence-corrected chi connectivity index (χ2v) is 4.97. The van der Waals surface area contributed by atoms with Gasteiger partial charge in [-0.3, -0.25) is 4.79 Å². The Labute approximate surface area is 106 Å². The van der Waals surface area contributed by atoms with Crippen LogP contribution in [0.15, 0.2) is 28.7 Å². The Morgan fingerprint density at radius 2 is 2.28 bits per heavy atom. The minimum atomic E-state index is -0.0698. The number of carbonyl (C=O) groups is 1. The fraction of sp³-hybridized carbons (Fsp3) is 0.400. The van der Waals surface area contributed by atoms with Crippen LogP contribution in [0.25, 0.3) is 11.0 Å². The maximum Gasteiger partial charge on any atom is 0.214 e. The summed E-state index contributed by atoms with van der Waals surface area (Å²) in [6, 6.07) is 7.76. The number of hydrogen-bond acceptors (Lipinski definition) is 3. The quantitative estimate of drug-likeness (QED) is 0.824. The summed E-state index contributed by atoms with van der Waals surface area (Å²) in [6.45, 7) is 2.93. The van der Waals surface area contributed by atoms with Crippen molar-refractivity contribution in [1.82, 2.24) is 5.32 Å². The van der Waals surface area contributed by atoms with Crippen LogP contribution in [0.3, 0.4) is 0 Å². The first-order valence-electron chi connectivity index (χ1n) is 6.52. The van der Waals surface area contributed by atoms with Gasteiger partial charge in [0.15, 0.2) is 5.76 Å². The average Bonchev–Trinajstić information content (AvgIpc) is 2.84. The van der Waals surface area contributed by atoms with E-state index in [2.05, 4.69) is 5.32 Å². The minimum absolute atomic E-state index is 0.0698. The molecule has 0 saturated carbocycles. The number of ketones is 1. The molecule has 1 unspecified atom stereocenters. The zero-order valence-electron chi connectivity index (χ0n) is 10.5. The number of aryl methyl sites for hydroxylation is 1. The van der Waals surface area contributed by atoms with Crippen molar-refractivity contribution in [2.45, 2.75) is 32.2 Å². The van der Waals surface area contributed by atoms with Crippen molar-refractivity contribution in [2.75, 3.05) is 6.54 Å². The van der Waals surface area contributed by atoms with Gasteiger partial charge in [-0.1, -0.05) is 24.6 Å². The molecule has 0 amide bonds. The Balaban J connectivity index is 1.94. The molecule has 1 saturated heterocycles. The standard InChI is InChI=1S/C15H17NO2/c1-10-5-4-6-11-9-13(18-15(10)11)14(17)12-7-2-3-8-16-12/h4-6,9,12,16H,2-3,7-8H2,1H3. The van der Waals surface area contributed by atoms with Gasteiger partial charge in [0, 0.05) is 5.39 Å². The predicted molar refractivity (Wildman–Crippen MR) is 70.9 cm³/mol. The first-order chi connectivity index (χ1) is 8.75. The number of benzene rings is 1. The van der Waals surface area contributed by atoms with Gasteiger partial charge >= 0.3 is 0 Å². The molecule has 2 aromatic rings.